The molecule has 0 fully saturated rings. The lowest BCUT2D eigenvalue weighted by Gasteiger charge is -2.22. The molecule has 0 spiro atoms. The van der Waals surface area contributed by atoms with Crippen LogP contribution in [-0.2, 0) is 10.2 Å². The van der Waals surface area contributed by atoms with Crippen molar-refractivity contribution >= 4 is 11.9 Å². The third kappa shape index (κ3) is 2.49. The fourth-order valence-electron chi connectivity index (χ4n) is 1.81. The maximum Gasteiger partial charge on any atom is 0.358 e. The molecule has 1 aromatic heterocycles. The molecule has 0 amide bonds. The van der Waals surface area contributed by atoms with Crippen molar-refractivity contribution in [1.29, 1.82) is 0 Å². The van der Waals surface area contributed by atoms with Crippen LogP contribution in [0.3, 0.4) is 0 Å². The van der Waals surface area contributed by atoms with Crippen LogP contribution < -0.4 is 0 Å². The molecule has 1 aromatic rings. The first kappa shape index (κ1) is 14.1. The van der Waals surface area contributed by atoms with Crippen molar-refractivity contribution in [3.05, 3.63) is 11.4 Å². The van der Waals surface area contributed by atoms with Gasteiger partial charge in [0.1, 0.15) is 0 Å². The predicted octanol–water partition coefficient (Wildman–Crippen LogP) is 1.31. The van der Waals surface area contributed by atoms with Gasteiger partial charge in [-0.2, -0.15) is 0 Å². The Morgan fingerprint density at radius 2 is 1.89 bits per heavy atom. The molecule has 7 nitrogen and oxygen atoms in total. The molecule has 7 heteroatoms. The van der Waals surface area contributed by atoms with Gasteiger partial charge in [0, 0.05) is 5.41 Å². The maximum atomic E-state index is 11.2. The number of carbonyl (C=O) groups is 2. The summed E-state index contributed by atoms with van der Waals surface area (Å²) in [6.07, 6.45) is 0.306. The highest BCUT2D eigenvalue weighted by Crippen LogP contribution is 2.28. The Morgan fingerprint density at radius 3 is 2.22 bits per heavy atom. The van der Waals surface area contributed by atoms with E-state index in [9.17, 15) is 9.59 Å². The van der Waals surface area contributed by atoms with E-state index in [1.54, 1.807) is 27.7 Å². The second kappa shape index (κ2) is 4.75. The average Bonchev–Trinajstić information content (AvgIpc) is 2.62. The standard InChI is InChI=1S/C11H17N3O4/c1-5-6(9(15)16)14-8(11(2,3)4)7(10(17)18)12-13-14/h6H,5H2,1-4H3,(H,15,16)(H,17,18). The number of aliphatic carboxylic acids is 1. The lowest BCUT2D eigenvalue weighted by molar-refractivity contribution is -0.141. The third-order valence-corrected chi connectivity index (χ3v) is 2.57. The minimum atomic E-state index is -1.20. The molecular weight excluding hydrogens is 238 g/mol. The number of nitrogens with zero attached hydrogens (tertiary/aromatic N) is 3. The molecule has 1 unspecified atom stereocenters. The van der Waals surface area contributed by atoms with Gasteiger partial charge in [-0.15, -0.1) is 5.10 Å². The minimum Gasteiger partial charge on any atom is -0.480 e. The molecular formula is C11H17N3O4. The lowest BCUT2D eigenvalue weighted by Crippen LogP contribution is -2.28. The van der Waals surface area contributed by atoms with Gasteiger partial charge in [0.2, 0.25) is 0 Å². The van der Waals surface area contributed by atoms with Crippen molar-refractivity contribution in [1.82, 2.24) is 15.0 Å². The Bertz CT molecular complexity index is 473. The highest BCUT2D eigenvalue weighted by atomic mass is 16.4. The molecule has 18 heavy (non-hydrogen) atoms. The van der Waals surface area contributed by atoms with E-state index in [2.05, 4.69) is 10.3 Å². The summed E-state index contributed by atoms with van der Waals surface area (Å²) in [6, 6.07) is -0.903. The molecule has 0 aromatic carbocycles. The SMILES string of the molecule is CCC(C(=O)O)n1nnc(C(=O)O)c1C(C)(C)C. The summed E-state index contributed by atoms with van der Waals surface area (Å²) >= 11 is 0. The normalized spacial score (nSPS) is 13.3. The summed E-state index contributed by atoms with van der Waals surface area (Å²) in [7, 11) is 0. The molecule has 1 heterocycles. The van der Waals surface area contributed by atoms with Gasteiger partial charge in [-0.3, -0.25) is 0 Å². The molecule has 0 saturated carbocycles. The van der Waals surface area contributed by atoms with E-state index in [0.717, 1.165) is 0 Å². The number of carboxylic acid groups (broad SMARTS) is 2. The van der Waals surface area contributed by atoms with E-state index in [1.165, 1.54) is 4.68 Å². The van der Waals surface area contributed by atoms with Crippen LogP contribution in [0.2, 0.25) is 0 Å². The summed E-state index contributed by atoms with van der Waals surface area (Å²) < 4.78 is 1.20. The van der Waals surface area contributed by atoms with Crippen LogP contribution in [0.25, 0.3) is 0 Å². The lowest BCUT2D eigenvalue weighted by atomic mass is 9.90. The number of rotatable bonds is 4. The Morgan fingerprint density at radius 1 is 1.33 bits per heavy atom. The van der Waals surface area contributed by atoms with Gasteiger partial charge in [-0.05, 0) is 6.42 Å². The van der Waals surface area contributed by atoms with Crippen molar-refractivity contribution in [3.63, 3.8) is 0 Å². The van der Waals surface area contributed by atoms with E-state index in [0.29, 0.717) is 12.1 Å². The van der Waals surface area contributed by atoms with Gasteiger partial charge >= 0.3 is 11.9 Å². The van der Waals surface area contributed by atoms with Gasteiger partial charge in [0.05, 0.1) is 5.69 Å². The summed E-state index contributed by atoms with van der Waals surface area (Å²) in [5, 5.41) is 25.5. The molecule has 0 aliphatic heterocycles. The second-order valence-corrected chi connectivity index (χ2v) is 5.05. The van der Waals surface area contributed by atoms with Crippen LogP contribution >= 0.6 is 0 Å². The topological polar surface area (TPSA) is 105 Å². The number of aromatic carboxylic acids is 1. The van der Waals surface area contributed by atoms with Crippen LogP contribution in [0.5, 0.6) is 0 Å². The molecule has 0 radical (unpaired) electrons. The Hall–Kier alpha value is -1.92. The minimum absolute atomic E-state index is 0.192. The van der Waals surface area contributed by atoms with E-state index in [4.69, 9.17) is 10.2 Å². The number of carboxylic acids is 2. The molecule has 0 bridgehead atoms. The first-order valence-corrected chi connectivity index (χ1v) is 5.61. The van der Waals surface area contributed by atoms with Crippen LogP contribution in [0.4, 0.5) is 0 Å². The fourth-order valence-corrected chi connectivity index (χ4v) is 1.81. The second-order valence-electron chi connectivity index (χ2n) is 5.05. The van der Waals surface area contributed by atoms with Gasteiger partial charge in [0.15, 0.2) is 11.7 Å². The molecule has 1 rings (SSSR count). The molecule has 1 atom stereocenters. The van der Waals surface area contributed by atoms with E-state index in [-0.39, 0.29) is 5.69 Å². The summed E-state index contributed by atoms with van der Waals surface area (Å²) in [5.74, 6) is -2.25. The van der Waals surface area contributed by atoms with Crippen molar-refractivity contribution in [2.45, 2.75) is 45.6 Å². The summed E-state index contributed by atoms with van der Waals surface area (Å²) in [4.78, 5) is 22.3. The number of hydrogen-bond acceptors (Lipinski definition) is 4. The van der Waals surface area contributed by atoms with Crippen molar-refractivity contribution in [2.24, 2.45) is 0 Å². The Labute approximate surface area is 104 Å². The van der Waals surface area contributed by atoms with Crippen LogP contribution in [-0.4, -0.2) is 37.1 Å². The van der Waals surface area contributed by atoms with Gasteiger partial charge < -0.3 is 10.2 Å². The quantitative estimate of drug-likeness (QED) is 0.840. The zero-order valence-corrected chi connectivity index (χ0v) is 10.8. The van der Waals surface area contributed by atoms with Crippen molar-refractivity contribution in [2.75, 3.05) is 0 Å². The molecule has 0 saturated heterocycles. The molecule has 0 aliphatic carbocycles. The monoisotopic (exact) mass is 255 g/mol. The number of hydrogen-bond donors (Lipinski definition) is 2. The maximum absolute atomic E-state index is 11.2. The van der Waals surface area contributed by atoms with Crippen molar-refractivity contribution in [3.8, 4) is 0 Å². The molecule has 100 valence electrons. The zero-order valence-electron chi connectivity index (χ0n) is 10.8. The average molecular weight is 255 g/mol. The van der Waals surface area contributed by atoms with Gasteiger partial charge in [-0.1, -0.05) is 32.9 Å². The highest BCUT2D eigenvalue weighted by molar-refractivity contribution is 5.87. The smallest absolute Gasteiger partial charge is 0.358 e. The Balaban J connectivity index is 3.46. The third-order valence-electron chi connectivity index (χ3n) is 2.57. The van der Waals surface area contributed by atoms with Gasteiger partial charge in [0.25, 0.3) is 0 Å². The molecule has 2 N–H and O–H groups in total. The summed E-state index contributed by atoms with van der Waals surface area (Å²) in [5.41, 5.74) is -0.424. The van der Waals surface area contributed by atoms with Crippen LogP contribution in [0.15, 0.2) is 0 Å². The largest absolute Gasteiger partial charge is 0.480 e. The van der Waals surface area contributed by atoms with E-state index >= 15 is 0 Å². The summed E-state index contributed by atoms with van der Waals surface area (Å²) in [6.45, 7) is 7.09. The van der Waals surface area contributed by atoms with Gasteiger partial charge in [-0.25, -0.2) is 14.3 Å². The fraction of sp³-hybridized carbons (Fsp3) is 0.636. The van der Waals surface area contributed by atoms with Crippen LogP contribution in [0, 0.1) is 0 Å². The van der Waals surface area contributed by atoms with E-state index < -0.39 is 23.4 Å². The first-order chi connectivity index (χ1) is 8.20. The van der Waals surface area contributed by atoms with Crippen molar-refractivity contribution < 1.29 is 19.8 Å². The highest BCUT2D eigenvalue weighted by Gasteiger charge is 2.33. The molecule has 0 aliphatic rings. The predicted molar refractivity (Wildman–Crippen MR) is 62.6 cm³/mol. The first-order valence-electron chi connectivity index (χ1n) is 5.61. The number of aromatic nitrogens is 3. The van der Waals surface area contributed by atoms with E-state index in [1.807, 2.05) is 0 Å². The van der Waals surface area contributed by atoms with Crippen LogP contribution in [0.1, 0.15) is 56.3 Å². The Kier molecular flexibility index (Phi) is 3.73. The zero-order chi connectivity index (χ0) is 14.1.